The van der Waals surface area contributed by atoms with E-state index in [1.54, 1.807) is 0 Å². The van der Waals surface area contributed by atoms with Gasteiger partial charge in [-0.25, -0.2) is 13.4 Å². The Morgan fingerprint density at radius 2 is 2.20 bits per heavy atom. The predicted octanol–water partition coefficient (Wildman–Crippen LogP) is 0.668. The third kappa shape index (κ3) is 3.91. The zero-order chi connectivity index (χ0) is 11.5. The van der Waals surface area contributed by atoms with Gasteiger partial charge in [0, 0.05) is 25.5 Å². The standard InChI is InChI=1S/C9H17N3O2S/c1-4-12-7-8(2)11-9(12)10-5-6-15(3,13)14/h7H,4-6H2,1-3H3,(H,10,11). The molecule has 1 heterocycles. The Kier molecular flexibility index (Phi) is 3.73. The van der Waals surface area contributed by atoms with Crippen molar-refractivity contribution in [3.63, 3.8) is 0 Å². The quantitative estimate of drug-likeness (QED) is 0.809. The summed E-state index contributed by atoms with van der Waals surface area (Å²) in [5.41, 5.74) is 0.929. The zero-order valence-electron chi connectivity index (χ0n) is 9.32. The summed E-state index contributed by atoms with van der Waals surface area (Å²) in [7, 11) is -2.91. The number of aromatic nitrogens is 2. The maximum Gasteiger partial charge on any atom is 0.203 e. The predicted molar refractivity (Wildman–Crippen MR) is 60.8 cm³/mol. The van der Waals surface area contributed by atoms with Gasteiger partial charge in [0.25, 0.3) is 0 Å². The summed E-state index contributed by atoms with van der Waals surface area (Å²) >= 11 is 0. The summed E-state index contributed by atoms with van der Waals surface area (Å²) in [6, 6.07) is 0. The molecular formula is C9H17N3O2S. The highest BCUT2D eigenvalue weighted by Gasteiger charge is 2.05. The molecule has 86 valence electrons. The minimum atomic E-state index is -2.91. The van der Waals surface area contributed by atoms with Crippen molar-refractivity contribution in [2.24, 2.45) is 0 Å². The number of nitrogens with zero attached hydrogens (tertiary/aromatic N) is 2. The van der Waals surface area contributed by atoms with E-state index in [-0.39, 0.29) is 5.75 Å². The molecule has 1 rings (SSSR count). The minimum absolute atomic E-state index is 0.128. The van der Waals surface area contributed by atoms with Crippen LogP contribution >= 0.6 is 0 Å². The minimum Gasteiger partial charge on any atom is -0.355 e. The SMILES string of the molecule is CCn1cc(C)nc1NCCS(C)(=O)=O. The summed E-state index contributed by atoms with van der Waals surface area (Å²) in [4.78, 5) is 4.26. The molecule has 0 saturated heterocycles. The van der Waals surface area contributed by atoms with Crippen LogP contribution in [-0.2, 0) is 16.4 Å². The Morgan fingerprint density at radius 3 is 2.73 bits per heavy atom. The molecule has 5 nitrogen and oxygen atoms in total. The second-order valence-electron chi connectivity index (χ2n) is 3.55. The molecular weight excluding hydrogens is 214 g/mol. The molecule has 0 aliphatic heterocycles. The van der Waals surface area contributed by atoms with E-state index in [9.17, 15) is 8.42 Å². The first-order valence-corrected chi connectivity index (χ1v) is 6.94. The molecule has 1 aromatic heterocycles. The lowest BCUT2D eigenvalue weighted by molar-refractivity contribution is 0.602. The van der Waals surface area contributed by atoms with Gasteiger partial charge in [-0.15, -0.1) is 0 Å². The molecule has 6 heteroatoms. The summed E-state index contributed by atoms with van der Waals surface area (Å²) in [6.07, 6.45) is 3.16. The van der Waals surface area contributed by atoms with Crippen molar-refractivity contribution in [2.75, 3.05) is 23.9 Å². The van der Waals surface area contributed by atoms with Gasteiger partial charge < -0.3 is 9.88 Å². The van der Waals surface area contributed by atoms with Crippen molar-refractivity contribution in [3.05, 3.63) is 11.9 Å². The second-order valence-corrected chi connectivity index (χ2v) is 5.81. The first kappa shape index (κ1) is 12.0. The van der Waals surface area contributed by atoms with Crippen LogP contribution in [0.2, 0.25) is 0 Å². The van der Waals surface area contributed by atoms with Gasteiger partial charge in [0.1, 0.15) is 9.84 Å². The number of hydrogen-bond acceptors (Lipinski definition) is 4. The van der Waals surface area contributed by atoms with Gasteiger partial charge in [-0.05, 0) is 13.8 Å². The molecule has 0 aliphatic carbocycles. The highest BCUT2D eigenvalue weighted by atomic mass is 32.2. The van der Waals surface area contributed by atoms with E-state index in [4.69, 9.17) is 0 Å². The molecule has 0 bridgehead atoms. The normalized spacial score (nSPS) is 11.7. The van der Waals surface area contributed by atoms with Gasteiger partial charge in [0.2, 0.25) is 5.95 Å². The van der Waals surface area contributed by atoms with Crippen LogP contribution < -0.4 is 5.32 Å². The van der Waals surface area contributed by atoms with Gasteiger partial charge in [0.15, 0.2) is 0 Å². The van der Waals surface area contributed by atoms with Crippen LogP contribution in [0.5, 0.6) is 0 Å². The molecule has 0 radical (unpaired) electrons. The van der Waals surface area contributed by atoms with Crippen LogP contribution in [-0.4, -0.2) is 36.5 Å². The molecule has 0 fully saturated rings. The lowest BCUT2D eigenvalue weighted by Crippen LogP contribution is -2.16. The Bertz CT molecular complexity index is 423. The maximum absolute atomic E-state index is 10.9. The highest BCUT2D eigenvalue weighted by molar-refractivity contribution is 7.90. The van der Waals surface area contributed by atoms with E-state index in [0.29, 0.717) is 6.54 Å². The number of aryl methyl sites for hydroxylation is 2. The van der Waals surface area contributed by atoms with E-state index in [1.165, 1.54) is 6.26 Å². The van der Waals surface area contributed by atoms with E-state index in [1.807, 2.05) is 24.6 Å². The molecule has 1 N–H and O–H groups in total. The summed E-state index contributed by atoms with van der Waals surface area (Å²) in [5.74, 6) is 0.862. The van der Waals surface area contributed by atoms with Crippen LogP contribution in [0.1, 0.15) is 12.6 Å². The lowest BCUT2D eigenvalue weighted by Gasteiger charge is -2.06. The molecule has 0 amide bonds. The van der Waals surface area contributed by atoms with Crippen molar-refractivity contribution in [2.45, 2.75) is 20.4 Å². The van der Waals surface area contributed by atoms with Crippen molar-refractivity contribution < 1.29 is 8.42 Å². The summed E-state index contributed by atoms with van der Waals surface area (Å²) in [6.45, 7) is 5.15. The maximum atomic E-state index is 10.9. The first-order valence-electron chi connectivity index (χ1n) is 4.87. The zero-order valence-corrected chi connectivity index (χ0v) is 10.1. The van der Waals surface area contributed by atoms with Crippen molar-refractivity contribution in [1.82, 2.24) is 9.55 Å². The molecule has 0 unspecified atom stereocenters. The molecule has 0 aromatic carbocycles. The van der Waals surface area contributed by atoms with Gasteiger partial charge >= 0.3 is 0 Å². The Labute approximate surface area is 90.4 Å². The fourth-order valence-electron chi connectivity index (χ4n) is 1.28. The van der Waals surface area contributed by atoms with E-state index >= 15 is 0 Å². The van der Waals surface area contributed by atoms with E-state index in [2.05, 4.69) is 10.3 Å². The average molecular weight is 231 g/mol. The van der Waals surface area contributed by atoms with Gasteiger partial charge in [0.05, 0.1) is 11.4 Å². The number of imidazole rings is 1. The number of nitrogens with one attached hydrogen (secondary N) is 1. The Morgan fingerprint density at radius 1 is 1.53 bits per heavy atom. The van der Waals surface area contributed by atoms with E-state index < -0.39 is 9.84 Å². The Hall–Kier alpha value is -1.04. The Balaban J connectivity index is 2.57. The van der Waals surface area contributed by atoms with Crippen molar-refractivity contribution in [1.29, 1.82) is 0 Å². The second kappa shape index (κ2) is 4.65. The van der Waals surface area contributed by atoms with Crippen LogP contribution in [0, 0.1) is 6.92 Å². The molecule has 0 spiro atoms. The summed E-state index contributed by atoms with van der Waals surface area (Å²) in [5, 5.41) is 3.01. The largest absolute Gasteiger partial charge is 0.355 e. The first-order chi connectivity index (χ1) is 6.92. The molecule has 15 heavy (non-hydrogen) atoms. The lowest BCUT2D eigenvalue weighted by atomic mass is 10.6. The highest BCUT2D eigenvalue weighted by Crippen LogP contribution is 2.07. The van der Waals surface area contributed by atoms with Crippen LogP contribution in [0.4, 0.5) is 5.95 Å². The van der Waals surface area contributed by atoms with Crippen molar-refractivity contribution >= 4 is 15.8 Å². The number of rotatable bonds is 5. The third-order valence-corrected chi connectivity index (χ3v) is 2.94. The third-order valence-electron chi connectivity index (χ3n) is 1.99. The topological polar surface area (TPSA) is 64.0 Å². The number of hydrogen-bond donors (Lipinski definition) is 1. The number of anilines is 1. The monoisotopic (exact) mass is 231 g/mol. The van der Waals surface area contributed by atoms with Crippen LogP contribution in [0.3, 0.4) is 0 Å². The fraction of sp³-hybridized carbons (Fsp3) is 0.667. The van der Waals surface area contributed by atoms with Crippen molar-refractivity contribution in [3.8, 4) is 0 Å². The molecule has 0 aliphatic rings. The molecule has 0 atom stereocenters. The van der Waals surface area contributed by atoms with Gasteiger partial charge in [-0.2, -0.15) is 0 Å². The molecule has 1 aromatic rings. The summed E-state index contributed by atoms with van der Waals surface area (Å²) < 4.78 is 23.8. The fourth-order valence-corrected chi connectivity index (χ4v) is 1.75. The number of sulfone groups is 1. The van der Waals surface area contributed by atoms with E-state index in [0.717, 1.165) is 18.2 Å². The molecule has 0 saturated carbocycles. The van der Waals surface area contributed by atoms with Gasteiger partial charge in [-0.3, -0.25) is 0 Å². The van der Waals surface area contributed by atoms with Crippen LogP contribution in [0.15, 0.2) is 6.20 Å². The smallest absolute Gasteiger partial charge is 0.203 e. The average Bonchev–Trinajstić information content (AvgIpc) is 2.44. The van der Waals surface area contributed by atoms with Gasteiger partial charge in [-0.1, -0.05) is 0 Å². The van der Waals surface area contributed by atoms with Crippen LogP contribution in [0.25, 0.3) is 0 Å².